The minimum Gasteiger partial charge on any atom is -0.380 e. The lowest BCUT2D eigenvalue weighted by Crippen LogP contribution is -2.31. The van der Waals surface area contributed by atoms with Crippen LogP contribution < -0.4 is 10.2 Å². The van der Waals surface area contributed by atoms with Crippen molar-refractivity contribution in [2.75, 3.05) is 10.2 Å². The van der Waals surface area contributed by atoms with E-state index in [0.29, 0.717) is 18.7 Å². The van der Waals surface area contributed by atoms with Crippen molar-refractivity contribution in [2.45, 2.75) is 25.9 Å². The van der Waals surface area contributed by atoms with Crippen molar-refractivity contribution in [3.8, 4) is 0 Å². The van der Waals surface area contributed by atoms with Crippen molar-refractivity contribution < 1.29 is 9.72 Å². The van der Waals surface area contributed by atoms with Gasteiger partial charge in [0.25, 0.3) is 5.69 Å². The summed E-state index contributed by atoms with van der Waals surface area (Å²) < 4.78 is 0. The molecule has 0 aromatic heterocycles. The lowest BCUT2D eigenvalue weighted by molar-refractivity contribution is -0.384. The van der Waals surface area contributed by atoms with Crippen molar-refractivity contribution >= 4 is 23.0 Å². The van der Waals surface area contributed by atoms with Crippen molar-refractivity contribution in [3.05, 3.63) is 64.2 Å². The molecule has 6 nitrogen and oxygen atoms in total. The van der Waals surface area contributed by atoms with Gasteiger partial charge in [-0.05, 0) is 18.6 Å². The molecule has 1 atom stereocenters. The molecule has 23 heavy (non-hydrogen) atoms. The van der Waals surface area contributed by atoms with Crippen LogP contribution in [0.15, 0.2) is 48.5 Å². The first-order valence-corrected chi connectivity index (χ1v) is 7.44. The highest BCUT2D eigenvalue weighted by molar-refractivity contribution is 5.99. The van der Waals surface area contributed by atoms with Gasteiger partial charge in [0, 0.05) is 24.6 Å². The SMILES string of the molecule is CC1CC(=O)N(Cc2ccccc2)c2cc([N+](=O)[O-])ccc2N1. The Morgan fingerprint density at radius 2 is 2.00 bits per heavy atom. The first-order valence-electron chi connectivity index (χ1n) is 7.44. The van der Waals surface area contributed by atoms with Gasteiger partial charge >= 0.3 is 0 Å². The number of nitrogens with one attached hydrogen (secondary N) is 1. The number of carbonyl (C=O) groups excluding carboxylic acids is 1. The lowest BCUT2D eigenvalue weighted by Gasteiger charge is -2.22. The number of amides is 1. The second-order valence-corrected chi connectivity index (χ2v) is 5.67. The molecule has 1 N–H and O–H groups in total. The summed E-state index contributed by atoms with van der Waals surface area (Å²) in [5, 5.41) is 14.3. The van der Waals surface area contributed by atoms with Gasteiger partial charge in [0.15, 0.2) is 0 Å². The van der Waals surface area contributed by atoms with Crippen LogP contribution in [0.25, 0.3) is 0 Å². The molecule has 1 heterocycles. The third-order valence-corrected chi connectivity index (χ3v) is 3.85. The fraction of sp³-hybridized carbons (Fsp3) is 0.235. The molecule has 1 aliphatic rings. The molecule has 0 saturated carbocycles. The second-order valence-electron chi connectivity index (χ2n) is 5.67. The maximum absolute atomic E-state index is 12.6. The Kier molecular flexibility index (Phi) is 3.97. The molecular weight excluding hydrogens is 294 g/mol. The fourth-order valence-corrected chi connectivity index (χ4v) is 2.74. The van der Waals surface area contributed by atoms with Gasteiger partial charge in [-0.1, -0.05) is 30.3 Å². The van der Waals surface area contributed by atoms with E-state index in [1.807, 2.05) is 37.3 Å². The minimum absolute atomic E-state index is 0.0223. The molecule has 0 radical (unpaired) electrons. The van der Waals surface area contributed by atoms with Gasteiger partial charge in [-0.15, -0.1) is 0 Å². The molecule has 1 aliphatic heterocycles. The molecule has 0 bridgehead atoms. The van der Waals surface area contributed by atoms with Crippen LogP contribution in [-0.4, -0.2) is 16.9 Å². The van der Waals surface area contributed by atoms with Gasteiger partial charge in [0.1, 0.15) is 0 Å². The summed E-state index contributed by atoms with van der Waals surface area (Å²) in [7, 11) is 0. The summed E-state index contributed by atoms with van der Waals surface area (Å²) in [4.78, 5) is 24.8. The zero-order valence-corrected chi connectivity index (χ0v) is 12.7. The lowest BCUT2D eigenvalue weighted by atomic mass is 10.1. The van der Waals surface area contributed by atoms with E-state index in [2.05, 4.69) is 5.32 Å². The summed E-state index contributed by atoms with van der Waals surface area (Å²) in [5.41, 5.74) is 2.25. The number of hydrogen-bond acceptors (Lipinski definition) is 4. The van der Waals surface area contributed by atoms with Gasteiger partial charge < -0.3 is 10.2 Å². The Morgan fingerprint density at radius 1 is 1.26 bits per heavy atom. The Hall–Kier alpha value is -2.89. The Labute approximate surface area is 133 Å². The van der Waals surface area contributed by atoms with Crippen LogP contribution in [0.3, 0.4) is 0 Å². The van der Waals surface area contributed by atoms with E-state index in [0.717, 1.165) is 11.3 Å². The molecule has 1 amide bonds. The van der Waals surface area contributed by atoms with Crippen LogP contribution in [0.1, 0.15) is 18.9 Å². The molecular formula is C17H17N3O3. The molecule has 2 aromatic carbocycles. The molecule has 0 spiro atoms. The van der Waals surface area contributed by atoms with E-state index in [-0.39, 0.29) is 17.6 Å². The normalized spacial score (nSPS) is 17.2. The first kappa shape index (κ1) is 15.0. The fourth-order valence-electron chi connectivity index (χ4n) is 2.74. The number of nitrogens with zero attached hydrogens (tertiary/aromatic N) is 2. The zero-order valence-electron chi connectivity index (χ0n) is 12.7. The smallest absolute Gasteiger partial charge is 0.271 e. The van der Waals surface area contributed by atoms with Crippen LogP contribution in [-0.2, 0) is 11.3 Å². The molecule has 1 unspecified atom stereocenters. The van der Waals surface area contributed by atoms with E-state index in [9.17, 15) is 14.9 Å². The summed E-state index contributed by atoms with van der Waals surface area (Å²) >= 11 is 0. The molecule has 0 saturated heterocycles. The molecule has 2 aromatic rings. The topological polar surface area (TPSA) is 75.5 Å². The van der Waals surface area contributed by atoms with Gasteiger partial charge in [-0.2, -0.15) is 0 Å². The van der Waals surface area contributed by atoms with Gasteiger partial charge in [0.05, 0.1) is 22.8 Å². The highest BCUT2D eigenvalue weighted by Gasteiger charge is 2.27. The zero-order chi connectivity index (χ0) is 16.4. The van der Waals surface area contributed by atoms with E-state index in [4.69, 9.17) is 0 Å². The highest BCUT2D eigenvalue weighted by Crippen LogP contribution is 2.34. The molecule has 0 fully saturated rings. The standard InChI is InChI=1S/C17H17N3O3/c1-12-9-17(21)19(11-13-5-3-2-4-6-13)16-10-14(20(22)23)7-8-15(16)18-12/h2-8,10,12,18H,9,11H2,1H3. The summed E-state index contributed by atoms with van der Waals surface area (Å²) in [6.07, 6.45) is 0.343. The molecule has 0 aliphatic carbocycles. The first-order chi connectivity index (χ1) is 11.0. The maximum atomic E-state index is 12.6. The van der Waals surface area contributed by atoms with Crippen LogP contribution >= 0.6 is 0 Å². The Bertz CT molecular complexity index is 746. The average Bonchev–Trinajstić information content (AvgIpc) is 2.64. The quantitative estimate of drug-likeness (QED) is 0.697. The number of carbonyl (C=O) groups is 1. The van der Waals surface area contributed by atoms with Crippen molar-refractivity contribution in [3.63, 3.8) is 0 Å². The third-order valence-electron chi connectivity index (χ3n) is 3.85. The highest BCUT2D eigenvalue weighted by atomic mass is 16.6. The largest absolute Gasteiger partial charge is 0.380 e. The number of fused-ring (bicyclic) bond motifs is 1. The Balaban J connectivity index is 2.05. The monoisotopic (exact) mass is 311 g/mol. The maximum Gasteiger partial charge on any atom is 0.271 e. The van der Waals surface area contributed by atoms with Crippen molar-refractivity contribution in [1.29, 1.82) is 0 Å². The predicted octanol–water partition coefficient (Wildman–Crippen LogP) is 3.33. The third kappa shape index (κ3) is 3.15. The second kappa shape index (κ2) is 6.08. The van der Waals surface area contributed by atoms with E-state index in [1.54, 1.807) is 11.0 Å². The molecule has 118 valence electrons. The number of non-ortho nitro benzene ring substituents is 1. The van der Waals surface area contributed by atoms with E-state index in [1.165, 1.54) is 12.1 Å². The van der Waals surface area contributed by atoms with Crippen molar-refractivity contribution in [1.82, 2.24) is 0 Å². The van der Waals surface area contributed by atoms with Crippen LogP contribution in [0.2, 0.25) is 0 Å². The van der Waals surface area contributed by atoms with E-state index >= 15 is 0 Å². The number of nitro groups is 1. The van der Waals surface area contributed by atoms with Gasteiger partial charge in [-0.3, -0.25) is 14.9 Å². The van der Waals surface area contributed by atoms with Crippen LogP contribution in [0, 0.1) is 10.1 Å². The number of hydrogen-bond donors (Lipinski definition) is 1. The van der Waals surface area contributed by atoms with Gasteiger partial charge in [0.2, 0.25) is 5.91 Å². The number of nitro benzene ring substituents is 1. The Morgan fingerprint density at radius 3 is 2.70 bits per heavy atom. The number of anilines is 2. The summed E-state index contributed by atoms with van der Waals surface area (Å²) in [5.74, 6) is -0.0481. The van der Waals surface area contributed by atoms with Crippen molar-refractivity contribution in [2.24, 2.45) is 0 Å². The minimum atomic E-state index is -0.445. The summed E-state index contributed by atoms with van der Waals surface area (Å²) in [6.45, 7) is 2.32. The summed E-state index contributed by atoms with van der Waals surface area (Å²) in [6, 6.07) is 14.2. The van der Waals surface area contributed by atoms with Crippen LogP contribution in [0.5, 0.6) is 0 Å². The van der Waals surface area contributed by atoms with E-state index < -0.39 is 4.92 Å². The number of benzene rings is 2. The van der Waals surface area contributed by atoms with Gasteiger partial charge in [-0.25, -0.2) is 0 Å². The molecule has 6 heteroatoms. The molecule has 3 rings (SSSR count). The number of rotatable bonds is 3. The predicted molar refractivity (Wildman–Crippen MR) is 88.4 cm³/mol. The average molecular weight is 311 g/mol. The van der Waals surface area contributed by atoms with Crippen LogP contribution in [0.4, 0.5) is 17.1 Å².